The molecule has 1 aromatic carbocycles. The van der Waals surface area contributed by atoms with E-state index >= 15 is 0 Å². The third-order valence-electron chi connectivity index (χ3n) is 2.99. The quantitative estimate of drug-likeness (QED) is 0.569. The number of ether oxygens (including phenoxy) is 2. The zero-order chi connectivity index (χ0) is 13.0. The second-order valence-corrected chi connectivity index (χ2v) is 4.21. The Hall–Kier alpha value is -2.03. The molecule has 3 nitrogen and oxygen atoms in total. The summed E-state index contributed by atoms with van der Waals surface area (Å²) in [5.41, 5.74) is 1.06. The van der Waals surface area contributed by atoms with Gasteiger partial charge in [0.05, 0.1) is 0 Å². The summed E-state index contributed by atoms with van der Waals surface area (Å²) in [6.45, 7) is 7.50. The number of carbonyl (C=O) groups excluding carboxylic acids is 1. The van der Waals surface area contributed by atoms with Crippen molar-refractivity contribution in [3.63, 3.8) is 0 Å². The minimum absolute atomic E-state index is 0.0412. The molecule has 2 rings (SSSR count). The standard InChI is InChI=1S/C15H16O3/c1-3-5-11(8-13(16)4-2)12-6-7-14-15(9-12)18-10-17-14/h3-4,6-7,9,11H,1-2,5,8,10H2/t11-/m0/s1. The lowest BCUT2D eigenvalue weighted by Gasteiger charge is -2.14. The highest BCUT2D eigenvalue weighted by atomic mass is 16.7. The lowest BCUT2D eigenvalue weighted by Crippen LogP contribution is -2.04. The predicted octanol–water partition coefficient (Wildman–Crippen LogP) is 3.22. The topological polar surface area (TPSA) is 35.5 Å². The van der Waals surface area contributed by atoms with E-state index in [1.54, 1.807) is 0 Å². The van der Waals surface area contributed by atoms with Crippen LogP contribution in [0.2, 0.25) is 0 Å². The summed E-state index contributed by atoms with van der Waals surface area (Å²) < 4.78 is 10.6. The summed E-state index contributed by atoms with van der Waals surface area (Å²) in [6, 6.07) is 5.79. The maximum absolute atomic E-state index is 11.5. The van der Waals surface area contributed by atoms with Crippen molar-refractivity contribution in [1.29, 1.82) is 0 Å². The Bertz CT molecular complexity index is 477. The van der Waals surface area contributed by atoms with Crippen LogP contribution in [0.25, 0.3) is 0 Å². The molecule has 0 spiro atoms. The van der Waals surface area contributed by atoms with Gasteiger partial charge in [0.25, 0.3) is 0 Å². The fraction of sp³-hybridized carbons (Fsp3) is 0.267. The monoisotopic (exact) mass is 244 g/mol. The van der Waals surface area contributed by atoms with E-state index in [4.69, 9.17) is 9.47 Å². The lowest BCUT2D eigenvalue weighted by molar-refractivity contribution is -0.114. The Labute approximate surface area is 107 Å². The van der Waals surface area contributed by atoms with E-state index < -0.39 is 0 Å². The highest BCUT2D eigenvalue weighted by Crippen LogP contribution is 2.36. The molecule has 3 heteroatoms. The van der Waals surface area contributed by atoms with Gasteiger partial charge in [-0.05, 0) is 36.1 Å². The molecule has 0 N–H and O–H groups in total. The molecule has 1 aromatic rings. The van der Waals surface area contributed by atoms with E-state index in [0.717, 1.165) is 23.5 Å². The number of hydrogen-bond acceptors (Lipinski definition) is 3. The van der Waals surface area contributed by atoms with Crippen molar-refractivity contribution in [3.05, 3.63) is 49.1 Å². The lowest BCUT2D eigenvalue weighted by atomic mass is 9.90. The van der Waals surface area contributed by atoms with Crippen LogP contribution in [0.15, 0.2) is 43.5 Å². The van der Waals surface area contributed by atoms with Gasteiger partial charge in [-0.2, -0.15) is 0 Å². The number of ketones is 1. The Balaban J connectivity index is 2.21. The highest BCUT2D eigenvalue weighted by molar-refractivity contribution is 5.89. The van der Waals surface area contributed by atoms with Crippen LogP contribution in [0, 0.1) is 0 Å². The highest BCUT2D eigenvalue weighted by Gasteiger charge is 2.18. The molecule has 0 aliphatic carbocycles. The van der Waals surface area contributed by atoms with Crippen LogP contribution in [0.4, 0.5) is 0 Å². The van der Waals surface area contributed by atoms with Gasteiger partial charge in [-0.1, -0.05) is 18.7 Å². The van der Waals surface area contributed by atoms with Gasteiger partial charge in [0.1, 0.15) is 0 Å². The first-order valence-electron chi connectivity index (χ1n) is 5.90. The van der Waals surface area contributed by atoms with Crippen molar-refractivity contribution in [2.24, 2.45) is 0 Å². The summed E-state index contributed by atoms with van der Waals surface area (Å²) >= 11 is 0. The second-order valence-electron chi connectivity index (χ2n) is 4.21. The van der Waals surface area contributed by atoms with Crippen LogP contribution >= 0.6 is 0 Å². The molecule has 0 unspecified atom stereocenters. The average molecular weight is 244 g/mol. The van der Waals surface area contributed by atoms with Gasteiger partial charge < -0.3 is 9.47 Å². The molecule has 1 heterocycles. The van der Waals surface area contributed by atoms with Gasteiger partial charge in [0, 0.05) is 6.42 Å². The number of allylic oxidation sites excluding steroid dienone is 2. The van der Waals surface area contributed by atoms with Gasteiger partial charge in [0.2, 0.25) is 6.79 Å². The number of benzene rings is 1. The van der Waals surface area contributed by atoms with Crippen molar-refractivity contribution in [3.8, 4) is 11.5 Å². The summed E-state index contributed by atoms with van der Waals surface area (Å²) in [4.78, 5) is 11.5. The van der Waals surface area contributed by atoms with Crippen LogP contribution in [-0.4, -0.2) is 12.6 Å². The van der Waals surface area contributed by atoms with Crippen LogP contribution in [0.1, 0.15) is 24.3 Å². The molecular formula is C15H16O3. The number of fused-ring (bicyclic) bond motifs is 1. The Morgan fingerprint density at radius 2 is 2.11 bits per heavy atom. The van der Waals surface area contributed by atoms with Gasteiger partial charge >= 0.3 is 0 Å². The predicted molar refractivity (Wildman–Crippen MR) is 69.9 cm³/mol. The van der Waals surface area contributed by atoms with E-state index in [-0.39, 0.29) is 18.5 Å². The largest absolute Gasteiger partial charge is 0.454 e. The fourth-order valence-corrected chi connectivity index (χ4v) is 2.03. The summed E-state index contributed by atoms with van der Waals surface area (Å²) in [7, 11) is 0. The summed E-state index contributed by atoms with van der Waals surface area (Å²) in [6.07, 6.45) is 4.38. The van der Waals surface area contributed by atoms with Crippen LogP contribution in [0.3, 0.4) is 0 Å². The van der Waals surface area contributed by atoms with Gasteiger partial charge in [-0.25, -0.2) is 0 Å². The summed E-state index contributed by atoms with van der Waals surface area (Å²) in [5.74, 6) is 1.65. The third-order valence-corrected chi connectivity index (χ3v) is 2.99. The first kappa shape index (κ1) is 12.4. The van der Waals surface area contributed by atoms with Crippen LogP contribution in [0.5, 0.6) is 11.5 Å². The maximum atomic E-state index is 11.5. The van der Waals surface area contributed by atoms with Crippen molar-refractivity contribution in [2.75, 3.05) is 6.79 Å². The van der Waals surface area contributed by atoms with Crippen LogP contribution < -0.4 is 9.47 Å². The molecule has 0 amide bonds. The molecule has 0 saturated carbocycles. The third kappa shape index (κ3) is 2.62. The smallest absolute Gasteiger partial charge is 0.231 e. The van der Waals surface area contributed by atoms with Gasteiger partial charge in [-0.3, -0.25) is 4.79 Å². The molecule has 1 aliphatic rings. The molecule has 0 fully saturated rings. The molecule has 0 radical (unpaired) electrons. The minimum Gasteiger partial charge on any atom is -0.454 e. The van der Waals surface area contributed by atoms with Gasteiger partial charge in [-0.15, -0.1) is 6.58 Å². The molecule has 18 heavy (non-hydrogen) atoms. The SMILES string of the molecule is C=CC[C@@H](CC(=O)C=C)c1ccc2c(c1)OCO2. The molecule has 0 bridgehead atoms. The minimum atomic E-state index is 0.0412. The second kappa shape index (κ2) is 5.54. The summed E-state index contributed by atoms with van der Waals surface area (Å²) in [5, 5.41) is 0. The fourth-order valence-electron chi connectivity index (χ4n) is 2.03. The molecular weight excluding hydrogens is 228 g/mol. The maximum Gasteiger partial charge on any atom is 0.231 e. The van der Waals surface area contributed by atoms with E-state index in [1.165, 1.54) is 6.08 Å². The zero-order valence-corrected chi connectivity index (χ0v) is 10.2. The number of rotatable bonds is 6. The Morgan fingerprint density at radius 3 is 2.83 bits per heavy atom. The average Bonchev–Trinajstić information content (AvgIpc) is 2.85. The van der Waals surface area contributed by atoms with Crippen molar-refractivity contribution in [2.45, 2.75) is 18.8 Å². The van der Waals surface area contributed by atoms with Crippen molar-refractivity contribution >= 4 is 5.78 Å². The number of carbonyl (C=O) groups is 1. The molecule has 1 atom stereocenters. The first-order chi connectivity index (χ1) is 8.74. The van der Waals surface area contributed by atoms with Crippen molar-refractivity contribution < 1.29 is 14.3 Å². The first-order valence-corrected chi connectivity index (χ1v) is 5.90. The zero-order valence-electron chi connectivity index (χ0n) is 10.2. The number of hydrogen-bond donors (Lipinski definition) is 0. The van der Waals surface area contributed by atoms with E-state index in [2.05, 4.69) is 13.2 Å². The normalized spacial score (nSPS) is 14.0. The molecule has 0 saturated heterocycles. The molecule has 1 aliphatic heterocycles. The van der Waals surface area contributed by atoms with Crippen molar-refractivity contribution in [1.82, 2.24) is 0 Å². The molecule has 94 valence electrons. The molecule has 0 aromatic heterocycles. The van der Waals surface area contributed by atoms with E-state index in [0.29, 0.717) is 6.42 Å². The van der Waals surface area contributed by atoms with E-state index in [1.807, 2.05) is 24.3 Å². The van der Waals surface area contributed by atoms with Crippen LogP contribution in [-0.2, 0) is 4.79 Å². The Morgan fingerprint density at radius 1 is 1.33 bits per heavy atom. The Kier molecular flexibility index (Phi) is 3.82. The van der Waals surface area contributed by atoms with E-state index in [9.17, 15) is 4.79 Å². The van der Waals surface area contributed by atoms with Gasteiger partial charge in [0.15, 0.2) is 17.3 Å².